The third-order valence-corrected chi connectivity index (χ3v) is 3.34. The molecule has 3 heteroatoms. The molecule has 0 bridgehead atoms. The van der Waals surface area contributed by atoms with Crippen LogP contribution in [0.1, 0.15) is 17.2 Å². The van der Waals surface area contributed by atoms with Crippen molar-refractivity contribution >= 4 is 0 Å². The number of rotatable bonds is 2. The summed E-state index contributed by atoms with van der Waals surface area (Å²) < 4.78 is 5.75. The molecule has 0 amide bonds. The molecule has 0 aliphatic carbocycles. The lowest BCUT2D eigenvalue weighted by Crippen LogP contribution is -2.46. The molecule has 2 rings (SSSR count). The van der Waals surface area contributed by atoms with E-state index in [1.165, 1.54) is 11.1 Å². The summed E-state index contributed by atoms with van der Waals surface area (Å²) in [6, 6.07) is 8.76. The molecule has 88 valence electrons. The van der Waals surface area contributed by atoms with Crippen LogP contribution in [0.4, 0.5) is 0 Å². The second kappa shape index (κ2) is 4.95. The molecule has 0 saturated carbocycles. The molecular weight excluding hydrogens is 200 g/mol. The summed E-state index contributed by atoms with van der Waals surface area (Å²) in [7, 11) is 2.14. The van der Waals surface area contributed by atoms with Gasteiger partial charge in [-0.1, -0.05) is 24.3 Å². The molecule has 0 radical (unpaired) electrons. The predicted octanol–water partition coefficient (Wildman–Crippen LogP) is 1.33. The second-order valence-corrected chi connectivity index (χ2v) is 4.43. The molecule has 2 unspecified atom stereocenters. The van der Waals surface area contributed by atoms with Crippen molar-refractivity contribution < 1.29 is 4.74 Å². The van der Waals surface area contributed by atoms with Gasteiger partial charge in [0.1, 0.15) is 0 Å². The Labute approximate surface area is 97.2 Å². The Bertz CT molecular complexity index is 354. The number of hydrogen-bond acceptors (Lipinski definition) is 3. The number of hydrogen-bond donors (Lipinski definition) is 1. The number of morpholine rings is 1. The van der Waals surface area contributed by atoms with E-state index in [1.54, 1.807) is 0 Å². The van der Waals surface area contributed by atoms with Crippen molar-refractivity contribution in [2.75, 3.05) is 26.7 Å². The summed E-state index contributed by atoms with van der Waals surface area (Å²) in [6.45, 7) is 4.46. The van der Waals surface area contributed by atoms with Gasteiger partial charge in [0.2, 0.25) is 0 Å². The Hall–Kier alpha value is -0.900. The van der Waals surface area contributed by atoms with Crippen molar-refractivity contribution in [2.24, 2.45) is 5.73 Å². The van der Waals surface area contributed by atoms with Gasteiger partial charge < -0.3 is 10.5 Å². The molecule has 1 aliphatic heterocycles. The Balaban J connectivity index is 2.32. The van der Waals surface area contributed by atoms with Crippen LogP contribution in [-0.4, -0.2) is 37.7 Å². The van der Waals surface area contributed by atoms with Crippen LogP contribution in [0.25, 0.3) is 0 Å². The average Bonchev–Trinajstić information content (AvgIpc) is 2.30. The highest BCUT2D eigenvalue weighted by Gasteiger charge is 2.31. The molecule has 1 fully saturated rings. The Kier molecular flexibility index (Phi) is 3.59. The average molecular weight is 220 g/mol. The summed E-state index contributed by atoms with van der Waals surface area (Å²) in [5.74, 6) is 0. The maximum Gasteiger partial charge on any atom is 0.0894 e. The Morgan fingerprint density at radius 2 is 2.19 bits per heavy atom. The van der Waals surface area contributed by atoms with Crippen molar-refractivity contribution in [1.29, 1.82) is 0 Å². The first-order valence-corrected chi connectivity index (χ1v) is 5.81. The van der Waals surface area contributed by atoms with E-state index in [0.29, 0.717) is 12.6 Å². The van der Waals surface area contributed by atoms with Gasteiger partial charge in [-0.15, -0.1) is 0 Å². The smallest absolute Gasteiger partial charge is 0.0894 e. The van der Waals surface area contributed by atoms with E-state index in [2.05, 4.69) is 43.1 Å². The molecule has 16 heavy (non-hydrogen) atoms. The normalized spacial score (nSPS) is 26.9. The highest BCUT2D eigenvalue weighted by atomic mass is 16.5. The summed E-state index contributed by atoms with van der Waals surface area (Å²) in [5.41, 5.74) is 8.43. The van der Waals surface area contributed by atoms with Gasteiger partial charge in [0.25, 0.3) is 0 Å². The number of ether oxygens (including phenoxy) is 1. The number of likely N-dealkylation sites (N-methyl/N-ethyl adjacent to an activating group) is 1. The van der Waals surface area contributed by atoms with Crippen LogP contribution in [0.2, 0.25) is 0 Å². The quantitative estimate of drug-likeness (QED) is 0.817. The molecule has 0 aromatic heterocycles. The van der Waals surface area contributed by atoms with Crippen LogP contribution in [0, 0.1) is 6.92 Å². The molecule has 1 aliphatic rings. The molecule has 1 saturated heterocycles. The van der Waals surface area contributed by atoms with E-state index in [-0.39, 0.29) is 6.10 Å². The lowest BCUT2D eigenvalue weighted by Gasteiger charge is -2.39. The minimum atomic E-state index is 0.111. The molecule has 1 heterocycles. The number of benzene rings is 1. The first-order valence-electron chi connectivity index (χ1n) is 5.81. The minimum absolute atomic E-state index is 0.111. The molecule has 2 atom stereocenters. The first-order chi connectivity index (χ1) is 7.74. The third kappa shape index (κ3) is 2.12. The van der Waals surface area contributed by atoms with Crippen molar-refractivity contribution in [3.8, 4) is 0 Å². The topological polar surface area (TPSA) is 38.5 Å². The van der Waals surface area contributed by atoms with Crippen LogP contribution < -0.4 is 5.73 Å². The summed E-state index contributed by atoms with van der Waals surface area (Å²) >= 11 is 0. The van der Waals surface area contributed by atoms with E-state index in [4.69, 9.17) is 10.5 Å². The Morgan fingerprint density at radius 3 is 2.88 bits per heavy atom. The van der Waals surface area contributed by atoms with Crippen molar-refractivity contribution in [3.05, 3.63) is 35.4 Å². The molecule has 3 nitrogen and oxygen atoms in total. The van der Waals surface area contributed by atoms with Gasteiger partial charge in [-0.05, 0) is 25.1 Å². The van der Waals surface area contributed by atoms with E-state index in [9.17, 15) is 0 Å². The number of nitrogens with two attached hydrogens (primary N) is 1. The number of aryl methyl sites for hydroxylation is 1. The van der Waals surface area contributed by atoms with Crippen LogP contribution in [0.15, 0.2) is 24.3 Å². The van der Waals surface area contributed by atoms with E-state index >= 15 is 0 Å². The molecule has 2 N–H and O–H groups in total. The van der Waals surface area contributed by atoms with Crippen LogP contribution in [0.5, 0.6) is 0 Å². The first kappa shape index (κ1) is 11.6. The van der Waals surface area contributed by atoms with E-state index < -0.39 is 0 Å². The molecular formula is C13H20N2O. The van der Waals surface area contributed by atoms with Crippen LogP contribution in [-0.2, 0) is 4.74 Å². The van der Waals surface area contributed by atoms with Crippen LogP contribution in [0.3, 0.4) is 0 Å². The Morgan fingerprint density at radius 1 is 1.44 bits per heavy atom. The minimum Gasteiger partial charge on any atom is -0.374 e. The summed E-state index contributed by atoms with van der Waals surface area (Å²) in [4.78, 5) is 2.34. The zero-order valence-electron chi connectivity index (χ0n) is 10.0. The van der Waals surface area contributed by atoms with Gasteiger partial charge >= 0.3 is 0 Å². The van der Waals surface area contributed by atoms with Gasteiger partial charge in [0, 0.05) is 13.1 Å². The third-order valence-electron chi connectivity index (χ3n) is 3.34. The van der Waals surface area contributed by atoms with Crippen LogP contribution >= 0.6 is 0 Å². The summed E-state index contributed by atoms with van der Waals surface area (Å²) in [5, 5.41) is 0. The SMILES string of the molecule is Cc1ccccc1C1C(CN)OCCN1C. The predicted molar refractivity (Wildman–Crippen MR) is 65.3 cm³/mol. The molecule has 1 aromatic carbocycles. The fourth-order valence-electron chi connectivity index (χ4n) is 2.42. The van der Waals surface area contributed by atoms with Gasteiger partial charge in [0.05, 0.1) is 18.8 Å². The fourth-order valence-corrected chi connectivity index (χ4v) is 2.42. The van der Waals surface area contributed by atoms with Crippen molar-refractivity contribution in [2.45, 2.75) is 19.1 Å². The highest BCUT2D eigenvalue weighted by Crippen LogP contribution is 2.29. The zero-order valence-corrected chi connectivity index (χ0v) is 10.0. The van der Waals surface area contributed by atoms with Gasteiger partial charge in [0.15, 0.2) is 0 Å². The second-order valence-electron chi connectivity index (χ2n) is 4.43. The van der Waals surface area contributed by atoms with E-state index in [0.717, 1.165) is 13.2 Å². The zero-order chi connectivity index (χ0) is 11.5. The standard InChI is InChI=1S/C13H20N2O/c1-10-5-3-4-6-11(10)13-12(9-14)16-8-7-15(13)2/h3-6,12-13H,7-9,14H2,1-2H3. The maximum absolute atomic E-state index is 5.79. The maximum atomic E-state index is 5.79. The summed E-state index contributed by atoms with van der Waals surface area (Å²) in [6.07, 6.45) is 0.111. The van der Waals surface area contributed by atoms with Crippen molar-refractivity contribution in [1.82, 2.24) is 4.90 Å². The van der Waals surface area contributed by atoms with Gasteiger partial charge in [-0.25, -0.2) is 0 Å². The fraction of sp³-hybridized carbons (Fsp3) is 0.538. The number of nitrogens with zero attached hydrogens (tertiary/aromatic N) is 1. The lowest BCUT2D eigenvalue weighted by molar-refractivity contribution is -0.0578. The van der Waals surface area contributed by atoms with E-state index in [1.807, 2.05) is 0 Å². The lowest BCUT2D eigenvalue weighted by atomic mass is 9.94. The van der Waals surface area contributed by atoms with Gasteiger partial charge in [-0.3, -0.25) is 4.90 Å². The molecule has 0 spiro atoms. The monoisotopic (exact) mass is 220 g/mol. The van der Waals surface area contributed by atoms with Gasteiger partial charge in [-0.2, -0.15) is 0 Å². The highest BCUT2D eigenvalue weighted by molar-refractivity contribution is 5.30. The van der Waals surface area contributed by atoms with Crippen molar-refractivity contribution in [3.63, 3.8) is 0 Å². The largest absolute Gasteiger partial charge is 0.374 e. The molecule has 1 aromatic rings.